The first kappa shape index (κ1) is 16.3. The first-order valence-corrected chi connectivity index (χ1v) is 5.08. The van der Waals surface area contributed by atoms with E-state index in [1.54, 1.807) is 11.9 Å². The Hall–Kier alpha value is -0.670. The maximum absolute atomic E-state index is 11.8. The summed E-state index contributed by atoms with van der Waals surface area (Å²) >= 11 is 0. The van der Waals surface area contributed by atoms with Crippen molar-refractivity contribution in [3.05, 3.63) is 0 Å². The van der Waals surface area contributed by atoms with Crippen LogP contribution in [0, 0.1) is 0 Å². The molecule has 0 bridgehead atoms. The van der Waals surface area contributed by atoms with Crippen LogP contribution in [0.4, 0.5) is 8.78 Å². The Morgan fingerprint density at radius 1 is 1.59 bits per heavy atom. The minimum atomic E-state index is -2.54. The minimum absolute atomic E-state index is 0. The molecule has 0 unspecified atom stereocenters. The van der Waals surface area contributed by atoms with Gasteiger partial charge in [-0.3, -0.25) is 4.79 Å². The van der Waals surface area contributed by atoms with Gasteiger partial charge in [-0.1, -0.05) is 0 Å². The van der Waals surface area contributed by atoms with Crippen molar-refractivity contribution >= 4 is 35.8 Å². The van der Waals surface area contributed by atoms with Crippen LogP contribution in [0.25, 0.3) is 0 Å². The quantitative estimate of drug-likeness (QED) is 0.423. The van der Waals surface area contributed by atoms with Crippen LogP contribution in [-0.2, 0) is 4.79 Å². The van der Waals surface area contributed by atoms with Crippen LogP contribution in [0.2, 0.25) is 0 Å². The van der Waals surface area contributed by atoms with Crippen molar-refractivity contribution in [1.29, 1.82) is 0 Å². The molecule has 1 aliphatic carbocycles. The van der Waals surface area contributed by atoms with Crippen LogP contribution in [0.5, 0.6) is 0 Å². The molecule has 0 heterocycles. The van der Waals surface area contributed by atoms with Crippen molar-refractivity contribution < 1.29 is 13.6 Å². The summed E-state index contributed by atoms with van der Waals surface area (Å²) in [6, 6.07) is 0.410. The van der Waals surface area contributed by atoms with Gasteiger partial charge in [0.15, 0.2) is 5.96 Å². The highest BCUT2D eigenvalue weighted by Crippen LogP contribution is 2.24. The second kappa shape index (κ2) is 7.62. The SMILES string of the molecule is CN(C(N)=NCC(=O)NCC(F)F)C1CC1.I. The van der Waals surface area contributed by atoms with Crippen molar-refractivity contribution in [2.75, 3.05) is 20.1 Å². The van der Waals surface area contributed by atoms with Crippen molar-refractivity contribution in [2.45, 2.75) is 25.3 Å². The molecule has 100 valence electrons. The first-order valence-electron chi connectivity index (χ1n) is 5.08. The number of nitrogens with two attached hydrogens (primary N) is 1. The molecule has 0 spiro atoms. The zero-order valence-corrected chi connectivity index (χ0v) is 11.9. The molecule has 1 aliphatic rings. The molecule has 5 nitrogen and oxygen atoms in total. The zero-order valence-electron chi connectivity index (χ0n) is 9.53. The van der Waals surface area contributed by atoms with Crippen LogP contribution < -0.4 is 11.1 Å². The molecule has 0 aromatic carbocycles. The van der Waals surface area contributed by atoms with Gasteiger partial charge >= 0.3 is 0 Å². The topological polar surface area (TPSA) is 70.7 Å². The zero-order chi connectivity index (χ0) is 12.1. The van der Waals surface area contributed by atoms with Crippen LogP contribution in [0.3, 0.4) is 0 Å². The molecule has 0 aliphatic heterocycles. The normalized spacial score (nSPS) is 15.4. The molecule has 0 aromatic heterocycles. The molecular formula is C9H17F2IN4O. The maximum Gasteiger partial charge on any atom is 0.255 e. The van der Waals surface area contributed by atoms with Gasteiger partial charge in [0.1, 0.15) is 6.54 Å². The highest BCUT2D eigenvalue weighted by Gasteiger charge is 2.27. The largest absolute Gasteiger partial charge is 0.370 e. The van der Waals surface area contributed by atoms with Gasteiger partial charge in [0, 0.05) is 13.1 Å². The molecule has 0 saturated heterocycles. The average Bonchev–Trinajstić information content (AvgIpc) is 3.05. The van der Waals surface area contributed by atoms with Crippen molar-refractivity contribution in [3.63, 3.8) is 0 Å². The number of nitrogens with zero attached hydrogens (tertiary/aromatic N) is 2. The smallest absolute Gasteiger partial charge is 0.255 e. The summed E-state index contributed by atoms with van der Waals surface area (Å²) in [5.41, 5.74) is 5.61. The lowest BCUT2D eigenvalue weighted by atomic mass is 10.5. The van der Waals surface area contributed by atoms with E-state index in [1.165, 1.54) is 0 Å². The van der Waals surface area contributed by atoms with E-state index < -0.39 is 18.9 Å². The summed E-state index contributed by atoms with van der Waals surface area (Å²) in [5, 5.41) is 2.05. The van der Waals surface area contributed by atoms with Gasteiger partial charge in [-0.05, 0) is 12.8 Å². The summed E-state index contributed by atoms with van der Waals surface area (Å²) in [6.45, 7) is -0.859. The van der Waals surface area contributed by atoms with Gasteiger partial charge in [-0.15, -0.1) is 24.0 Å². The van der Waals surface area contributed by atoms with Gasteiger partial charge in [-0.25, -0.2) is 13.8 Å². The molecule has 17 heavy (non-hydrogen) atoms. The number of guanidine groups is 1. The highest BCUT2D eigenvalue weighted by atomic mass is 127. The Morgan fingerprint density at radius 2 is 2.18 bits per heavy atom. The molecular weight excluding hydrogens is 345 g/mol. The van der Waals surface area contributed by atoms with E-state index in [1.807, 2.05) is 0 Å². The predicted molar refractivity (Wildman–Crippen MR) is 71.7 cm³/mol. The Balaban J connectivity index is 0.00000256. The third-order valence-electron chi connectivity index (χ3n) is 2.29. The minimum Gasteiger partial charge on any atom is -0.370 e. The summed E-state index contributed by atoms with van der Waals surface area (Å²) in [4.78, 5) is 16.7. The second-order valence-electron chi connectivity index (χ2n) is 3.71. The molecule has 1 amide bonds. The van der Waals surface area contributed by atoms with Crippen LogP contribution >= 0.6 is 24.0 Å². The fraction of sp³-hybridized carbons (Fsp3) is 0.778. The van der Waals surface area contributed by atoms with E-state index in [-0.39, 0.29) is 36.5 Å². The maximum atomic E-state index is 11.8. The molecule has 1 fully saturated rings. The number of nitrogens with one attached hydrogen (secondary N) is 1. The molecule has 1 rings (SSSR count). The number of aliphatic imine (C=N–C) groups is 1. The fourth-order valence-electron chi connectivity index (χ4n) is 1.16. The number of rotatable bonds is 5. The van der Waals surface area contributed by atoms with Gasteiger partial charge in [0.25, 0.3) is 6.43 Å². The lowest BCUT2D eigenvalue weighted by Gasteiger charge is -2.16. The second-order valence-corrected chi connectivity index (χ2v) is 3.71. The van der Waals surface area contributed by atoms with Crippen molar-refractivity contribution in [3.8, 4) is 0 Å². The molecule has 8 heteroatoms. The van der Waals surface area contributed by atoms with E-state index in [9.17, 15) is 13.6 Å². The summed E-state index contributed by atoms with van der Waals surface area (Å²) in [7, 11) is 1.80. The number of alkyl halides is 2. The lowest BCUT2D eigenvalue weighted by Crippen LogP contribution is -2.37. The monoisotopic (exact) mass is 362 g/mol. The van der Waals surface area contributed by atoms with Gasteiger partial charge in [0.05, 0.1) is 6.54 Å². The van der Waals surface area contributed by atoms with E-state index in [0.29, 0.717) is 6.04 Å². The van der Waals surface area contributed by atoms with Crippen LogP contribution in [0.1, 0.15) is 12.8 Å². The summed E-state index contributed by atoms with van der Waals surface area (Å²) in [5.74, 6) is -0.276. The number of carbonyl (C=O) groups is 1. The molecule has 0 radical (unpaired) electrons. The molecule has 3 N–H and O–H groups in total. The third-order valence-corrected chi connectivity index (χ3v) is 2.29. The fourth-order valence-corrected chi connectivity index (χ4v) is 1.16. The van der Waals surface area contributed by atoms with Gasteiger partial charge in [0.2, 0.25) is 5.91 Å². The molecule has 0 aromatic rings. The predicted octanol–water partition coefficient (Wildman–Crippen LogP) is 0.395. The summed E-state index contributed by atoms with van der Waals surface area (Å²) in [6.07, 6.45) is -0.395. The van der Waals surface area contributed by atoms with Crippen LogP contribution in [0.15, 0.2) is 4.99 Å². The molecule has 1 saturated carbocycles. The first-order chi connectivity index (χ1) is 7.50. The number of halogens is 3. The summed E-state index contributed by atoms with van der Waals surface area (Å²) < 4.78 is 23.5. The van der Waals surface area contributed by atoms with Gasteiger partial charge < -0.3 is 16.0 Å². The Morgan fingerprint density at radius 3 is 2.65 bits per heavy atom. The average molecular weight is 362 g/mol. The van der Waals surface area contributed by atoms with E-state index in [4.69, 9.17) is 5.73 Å². The number of hydrogen-bond donors (Lipinski definition) is 2. The number of amides is 1. The number of hydrogen-bond acceptors (Lipinski definition) is 2. The lowest BCUT2D eigenvalue weighted by molar-refractivity contribution is -0.120. The Kier molecular flexibility index (Phi) is 7.32. The van der Waals surface area contributed by atoms with E-state index in [2.05, 4.69) is 10.3 Å². The molecule has 0 atom stereocenters. The van der Waals surface area contributed by atoms with E-state index >= 15 is 0 Å². The standard InChI is InChI=1S/C9H16F2N4O.HI/c1-15(6-2-3-6)9(12)14-5-8(16)13-4-7(10)11;/h6-7H,2-5H2,1H3,(H2,12,14)(H,13,16);1H. The highest BCUT2D eigenvalue weighted by molar-refractivity contribution is 14.0. The van der Waals surface area contributed by atoms with Gasteiger partial charge in [-0.2, -0.15) is 0 Å². The van der Waals surface area contributed by atoms with E-state index in [0.717, 1.165) is 12.8 Å². The van der Waals surface area contributed by atoms with Crippen molar-refractivity contribution in [1.82, 2.24) is 10.2 Å². The number of carbonyl (C=O) groups excluding carboxylic acids is 1. The van der Waals surface area contributed by atoms with Crippen molar-refractivity contribution in [2.24, 2.45) is 10.7 Å². The Bertz CT molecular complexity index is 284. The third kappa shape index (κ3) is 6.59. The Labute approximate surface area is 116 Å². The van der Waals surface area contributed by atoms with Crippen LogP contribution in [-0.4, -0.2) is 49.4 Å².